The number of carboxylic acids is 1. The van der Waals surface area contributed by atoms with Crippen molar-refractivity contribution in [2.75, 3.05) is 13.2 Å². The Morgan fingerprint density at radius 3 is 2.25 bits per heavy atom. The molecule has 7 heteroatoms. The van der Waals surface area contributed by atoms with E-state index in [0.717, 1.165) is 70.8 Å². The summed E-state index contributed by atoms with van der Waals surface area (Å²) in [5.41, 5.74) is 0.142. The lowest BCUT2D eigenvalue weighted by molar-refractivity contribution is -0.202. The maximum absolute atomic E-state index is 14.2. The lowest BCUT2D eigenvalue weighted by Gasteiger charge is -2.70. The van der Waals surface area contributed by atoms with Crippen LogP contribution in [0.4, 0.5) is 0 Å². The smallest absolute Gasteiger partial charge is 0.323 e. The van der Waals surface area contributed by atoms with Gasteiger partial charge in [0.2, 0.25) is 0 Å². The second-order valence-electron chi connectivity index (χ2n) is 17.3. The Morgan fingerprint density at radius 2 is 1.64 bits per heavy atom. The van der Waals surface area contributed by atoms with Crippen LogP contribution in [-0.4, -0.2) is 53.2 Å². The average Bonchev–Trinajstić information content (AvgIpc) is 3.49. The van der Waals surface area contributed by atoms with Gasteiger partial charge >= 0.3 is 11.9 Å². The molecule has 1 aliphatic heterocycles. The van der Waals surface area contributed by atoms with Crippen molar-refractivity contribution in [2.45, 2.75) is 138 Å². The summed E-state index contributed by atoms with van der Waals surface area (Å²) >= 11 is 0. The summed E-state index contributed by atoms with van der Waals surface area (Å²) in [5.74, 6) is -0.0369. The van der Waals surface area contributed by atoms with Crippen LogP contribution in [0.25, 0.3) is 0 Å². The van der Waals surface area contributed by atoms with Crippen molar-refractivity contribution in [2.24, 2.45) is 50.2 Å². The molecule has 0 radical (unpaired) electrons. The van der Waals surface area contributed by atoms with Gasteiger partial charge in [0.15, 0.2) is 5.78 Å². The molecule has 0 amide bonds. The molecule has 248 valence electrons. The van der Waals surface area contributed by atoms with Crippen LogP contribution in [0, 0.1) is 50.2 Å². The first kappa shape index (κ1) is 33.6. The summed E-state index contributed by atoms with van der Waals surface area (Å²) in [7, 11) is 0. The summed E-state index contributed by atoms with van der Waals surface area (Å²) in [4.78, 5) is 37.4. The number of ether oxygens (including phenoxy) is 1. The van der Waals surface area contributed by atoms with Gasteiger partial charge in [-0.3, -0.25) is 14.4 Å². The van der Waals surface area contributed by atoms with E-state index in [2.05, 4.69) is 46.9 Å². The number of hydrogen-bond donors (Lipinski definition) is 3. The van der Waals surface area contributed by atoms with E-state index in [-0.39, 0.29) is 62.8 Å². The summed E-state index contributed by atoms with van der Waals surface area (Å²) in [5, 5.41) is 24.0. The number of rotatable bonds is 3. The van der Waals surface area contributed by atoms with E-state index >= 15 is 0 Å². The van der Waals surface area contributed by atoms with Crippen molar-refractivity contribution >= 4 is 17.7 Å². The maximum atomic E-state index is 14.2. The standard InChI is InChI=1S/C30H46O4.C7H13NO2/c1-25(2)21-8-11-30(7)23(28(21,5)10-9-22(25)32)20(31)16-18-19-17-27(4,24(33)34)13-12-26(19,3)14-15-29(18,30)6;1-2-10-7(9)6-4-3-5-8-6/h16,19,21-23,32H,8-15,17H2,1-7H3,(H,33,34);6,8H,2-5H2,1H3/t19-,21?,22+,23?,26-,27+,28+,29-,30-;6-/m10/s1. The Labute approximate surface area is 265 Å². The van der Waals surface area contributed by atoms with Crippen LogP contribution in [0.5, 0.6) is 0 Å². The molecule has 1 heterocycles. The quantitative estimate of drug-likeness (QED) is 0.303. The topological polar surface area (TPSA) is 113 Å². The van der Waals surface area contributed by atoms with E-state index in [1.165, 1.54) is 5.57 Å². The van der Waals surface area contributed by atoms with Crippen LogP contribution >= 0.6 is 0 Å². The highest BCUT2D eigenvalue weighted by Crippen LogP contribution is 2.75. The van der Waals surface area contributed by atoms with Gasteiger partial charge in [-0.1, -0.05) is 47.1 Å². The van der Waals surface area contributed by atoms with Crippen LogP contribution in [0.3, 0.4) is 0 Å². The fourth-order valence-corrected chi connectivity index (χ4v) is 11.5. The highest BCUT2D eigenvalue weighted by Gasteiger charge is 2.70. The number of fused-ring (bicyclic) bond motifs is 7. The Bertz CT molecular complexity index is 1200. The molecule has 6 rings (SSSR count). The zero-order chi connectivity index (χ0) is 32.5. The molecule has 3 N–H and O–H groups in total. The monoisotopic (exact) mass is 613 g/mol. The molecule has 0 aromatic rings. The number of hydrogen-bond acceptors (Lipinski definition) is 6. The van der Waals surface area contributed by atoms with Crippen molar-refractivity contribution in [1.29, 1.82) is 0 Å². The molecule has 0 bridgehead atoms. The third-order valence-electron chi connectivity index (χ3n) is 14.7. The van der Waals surface area contributed by atoms with Crippen LogP contribution < -0.4 is 5.32 Å². The summed E-state index contributed by atoms with van der Waals surface area (Å²) in [6, 6.07) is -0.0278. The van der Waals surface area contributed by atoms with Gasteiger partial charge < -0.3 is 20.3 Å². The largest absolute Gasteiger partial charge is 0.481 e. The molecule has 5 fully saturated rings. The van der Waals surface area contributed by atoms with Gasteiger partial charge in [0.1, 0.15) is 6.04 Å². The number of ketones is 1. The van der Waals surface area contributed by atoms with Gasteiger partial charge in [-0.25, -0.2) is 0 Å². The molecule has 4 saturated carbocycles. The minimum absolute atomic E-state index is 0.0278. The van der Waals surface area contributed by atoms with E-state index in [1.54, 1.807) is 0 Å². The zero-order valence-electron chi connectivity index (χ0n) is 28.7. The van der Waals surface area contributed by atoms with Crippen LogP contribution in [-0.2, 0) is 19.1 Å². The van der Waals surface area contributed by atoms with E-state index < -0.39 is 11.4 Å². The Balaban J connectivity index is 0.000000328. The minimum Gasteiger partial charge on any atom is -0.481 e. The van der Waals surface area contributed by atoms with Crippen molar-refractivity contribution in [3.63, 3.8) is 0 Å². The number of carbonyl (C=O) groups is 3. The van der Waals surface area contributed by atoms with Crippen LogP contribution in [0.15, 0.2) is 11.6 Å². The van der Waals surface area contributed by atoms with E-state index in [4.69, 9.17) is 4.74 Å². The maximum Gasteiger partial charge on any atom is 0.323 e. The highest BCUT2D eigenvalue weighted by molar-refractivity contribution is 5.95. The van der Waals surface area contributed by atoms with Crippen LogP contribution in [0.2, 0.25) is 0 Å². The number of aliphatic hydroxyl groups excluding tert-OH is 1. The average molecular weight is 614 g/mol. The second-order valence-corrected chi connectivity index (χ2v) is 17.3. The van der Waals surface area contributed by atoms with Crippen molar-refractivity contribution < 1.29 is 29.3 Å². The number of allylic oxidation sites excluding steroid dienone is 2. The molecule has 1 saturated heterocycles. The second kappa shape index (κ2) is 11.2. The van der Waals surface area contributed by atoms with Gasteiger partial charge in [0, 0.05) is 5.92 Å². The van der Waals surface area contributed by atoms with Gasteiger partial charge in [-0.2, -0.15) is 0 Å². The third-order valence-corrected chi connectivity index (χ3v) is 14.7. The number of nitrogens with one attached hydrogen (secondary N) is 1. The predicted octanol–water partition coefficient (Wildman–Crippen LogP) is 6.71. The minimum atomic E-state index is -0.711. The summed E-state index contributed by atoms with van der Waals surface area (Å²) < 4.78 is 4.82. The molecule has 5 aliphatic carbocycles. The summed E-state index contributed by atoms with van der Waals surface area (Å²) in [6.07, 6.45) is 12.0. The van der Waals surface area contributed by atoms with Crippen LogP contribution in [0.1, 0.15) is 126 Å². The van der Waals surface area contributed by atoms with E-state index in [9.17, 15) is 24.6 Å². The zero-order valence-corrected chi connectivity index (χ0v) is 28.7. The predicted molar refractivity (Wildman–Crippen MR) is 171 cm³/mol. The molecule has 0 spiro atoms. The fourth-order valence-electron chi connectivity index (χ4n) is 11.5. The molecule has 10 atom stereocenters. The number of aliphatic carboxylic acids is 1. The lowest BCUT2D eigenvalue weighted by Crippen LogP contribution is -2.66. The SMILES string of the molecule is CC1(C)C2CC[C@]3(C)C(C(=O)C=C4[C@H]5C[C@@](C)(C(=O)O)CC[C@]5(C)CC[C@]43C)[C@@]2(C)CC[C@@H]1O.CCOC(=O)[C@@H]1CCCN1. The third kappa shape index (κ3) is 4.93. The Kier molecular flexibility index (Phi) is 8.57. The molecule has 7 nitrogen and oxygen atoms in total. The fraction of sp³-hybridized carbons (Fsp3) is 0.865. The molecule has 6 aliphatic rings. The van der Waals surface area contributed by atoms with Gasteiger partial charge in [-0.05, 0) is 136 Å². The van der Waals surface area contributed by atoms with E-state index in [0.29, 0.717) is 18.9 Å². The van der Waals surface area contributed by atoms with Crippen molar-refractivity contribution in [3.05, 3.63) is 11.6 Å². The van der Waals surface area contributed by atoms with Gasteiger partial charge in [0.05, 0.1) is 18.1 Å². The van der Waals surface area contributed by atoms with Crippen molar-refractivity contribution in [1.82, 2.24) is 5.32 Å². The Morgan fingerprint density at radius 1 is 0.955 bits per heavy atom. The molecule has 0 aromatic carbocycles. The first-order chi connectivity index (χ1) is 20.4. The molecule has 2 unspecified atom stereocenters. The van der Waals surface area contributed by atoms with Crippen molar-refractivity contribution in [3.8, 4) is 0 Å². The normalized spacial score (nSPS) is 47.4. The first-order valence-corrected chi connectivity index (χ1v) is 17.5. The van der Waals surface area contributed by atoms with E-state index in [1.807, 2.05) is 19.9 Å². The van der Waals surface area contributed by atoms with Gasteiger partial charge in [-0.15, -0.1) is 0 Å². The van der Waals surface area contributed by atoms with Gasteiger partial charge in [0.25, 0.3) is 0 Å². The molecule has 44 heavy (non-hydrogen) atoms. The first-order valence-electron chi connectivity index (χ1n) is 17.5. The number of esters is 1. The lowest BCUT2D eigenvalue weighted by atomic mass is 9.33. The highest BCUT2D eigenvalue weighted by atomic mass is 16.5. The molecule has 0 aromatic heterocycles. The number of aliphatic hydroxyl groups is 1. The number of carboxylic acid groups (broad SMARTS) is 1. The summed E-state index contributed by atoms with van der Waals surface area (Å²) in [6.45, 7) is 19.1. The molecular formula is C37H59NO6. The molecular weight excluding hydrogens is 554 g/mol. The Hall–Kier alpha value is -1.73. The number of carbonyl (C=O) groups excluding carboxylic acids is 2.